The van der Waals surface area contributed by atoms with Gasteiger partial charge in [-0.1, -0.05) is 6.92 Å². The fourth-order valence-corrected chi connectivity index (χ4v) is 3.84. The first-order chi connectivity index (χ1) is 14.8. The van der Waals surface area contributed by atoms with Crippen LogP contribution in [0.4, 0.5) is 13.2 Å². The second-order valence-corrected chi connectivity index (χ2v) is 7.48. The standard InChI is InChI=1S/C21H22F3N5O2/c1-2-28-8-3-9-29(11-10-28)20(31)15-12-16(13-4-6-14(30)7-5-13)25-19-17(15)18(26-27-19)21(22,23)24/h4-7,12,30H,2-3,8-11H2,1H3,(H,25,26,27). The van der Waals surface area contributed by atoms with E-state index in [-0.39, 0.29) is 22.3 Å². The monoisotopic (exact) mass is 433 g/mol. The van der Waals surface area contributed by atoms with Gasteiger partial charge in [0.25, 0.3) is 5.91 Å². The molecular weight excluding hydrogens is 411 g/mol. The Hall–Kier alpha value is -3.14. The van der Waals surface area contributed by atoms with Gasteiger partial charge in [0.2, 0.25) is 0 Å². The zero-order valence-electron chi connectivity index (χ0n) is 16.9. The number of carbonyl (C=O) groups excluding carboxylic acids is 1. The minimum Gasteiger partial charge on any atom is -0.508 e. The Labute approximate surface area is 176 Å². The Morgan fingerprint density at radius 3 is 2.58 bits per heavy atom. The highest BCUT2D eigenvalue weighted by molar-refractivity contribution is 6.07. The number of benzene rings is 1. The molecule has 0 aliphatic carbocycles. The molecule has 0 unspecified atom stereocenters. The second kappa shape index (κ2) is 8.18. The number of aromatic amines is 1. The number of hydrogen-bond donors (Lipinski definition) is 2. The number of phenolic OH excluding ortho intramolecular Hbond substituents is 1. The van der Waals surface area contributed by atoms with Crippen LogP contribution in [0.5, 0.6) is 5.75 Å². The molecule has 31 heavy (non-hydrogen) atoms. The van der Waals surface area contributed by atoms with Crippen molar-refractivity contribution in [1.82, 2.24) is 25.0 Å². The zero-order valence-corrected chi connectivity index (χ0v) is 16.9. The maximum Gasteiger partial charge on any atom is 0.435 e. The highest BCUT2D eigenvalue weighted by atomic mass is 19.4. The Balaban J connectivity index is 1.83. The van der Waals surface area contributed by atoms with Crippen LogP contribution in [0.3, 0.4) is 0 Å². The Bertz CT molecular complexity index is 1090. The van der Waals surface area contributed by atoms with E-state index in [4.69, 9.17) is 0 Å². The topological polar surface area (TPSA) is 85.4 Å². The number of rotatable bonds is 3. The number of nitrogens with zero attached hydrogens (tertiary/aromatic N) is 4. The molecule has 0 atom stereocenters. The lowest BCUT2D eigenvalue weighted by atomic mass is 10.0. The molecule has 0 spiro atoms. The summed E-state index contributed by atoms with van der Waals surface area (Å²) >= 11 is 0. The Kier molecular flexibility index (Phi) is 5.57. The number of aromatic nitrogens is 3. The van der Waals surface area contributed by atoms with Crippen molar-refractivity contribution in [3.05, 3.63) is 41.6 Å². The zero-order chi connectivity index (χ0) is 22.2. The van der Waals surface area contributed by atoms with Gasteiger partial charge in [0.05, 0.1) is 16.6 Å². The molecule has 3 aromatic rings. The van der Waals surface area contributed by atoms with E-state index in [9.17, 15) is 23.1 Å². The summed E-state index contributed by atoms with van der Waals surface area (Å²) < 4.78 is 40.8. The first-order valence-electron chi connectivity index (χ1n) is 10.0. The van der Waals surface area contributed by atoms with Gasteiger partial charge in [-0.2, -0.15) is 18.3 Å². The third-order valence-electron chi connectivity index (χ3n) is 5.51. The van der Waals surface area contributed by atoms with Gasteiger partial charge in [-0.15, -0.1) is 0 Å². The highest BCUT2D eigenvalue weighted by Crippen LogP contribution is 2.36. The van der Waals surface area contributed by atoms with E-state index in [0.717, 1.165) is 19.5 Å². The summed E-state index contributed by atoms with van der Waals surface area (Å²) in [5, 5.41) is 15.0. The number of fused-ring (bicyclic) bond motifs is 1. The number of likely N-dealkylation sites (N-methyl/N-ethyl adjacent to an activating group) is 1. The molecule has 164 valence electrons. The molecule has 2 aromatic heterocycles. The predicted octanol–water partition coefficient (Wildman–Crippen LogP) is 3.52. The molecule has 2 N–H and O–H groups in total. The number of carbonyl (C=O) groups is 1. The molecule has 1 saturated heterocycles. The summed E-state index contributed by atoms with van der Waals surface area (Å²) in [5.41, 5.74) is -0.464. The molecular formula is C21H22F3N5O2. The van der Waals surface area contributed by atoms with Crippen molar-refractivity contribution in [2.75, 3.05) is 32.7 Å². The molecule has 7 nitrogen and oxygen atoms in total. The minimum atomic E-state index is -4.73. The van der Waals surface area contributed by atoms with Gasteiger partial charge >= 0.3 is 6.18 Å². The van der Waals surface area contributed by atoms with Crippen molar-refractivity contribution in [2.24, 2.45) is 0 Å². The molecule has 1 aliphatic heterocycles. The number of pyridine rings is 1. The Morgan fingerprint density at radius 2 is 1.90 bits per heavy atom. The summed E-state index contributed by atoms with van der Waals surface area (Å²) in [7, 11) is 0. The summed E-state index contributed by atoms with van der Waals surface area (Å²) in [6.45, 7) is 5.29. The number of alkyl halides is 3. The molecule has 3 heterocycles. The van der Waals surface area contributed by atoms with Crippen LogP contribution in [0.15, 0.2) is 30.3 Å². The number of H-pyrrole nitrogens is 1. The molecule has 10 heteroatoms. The van der Waals surface area contributed by atoms with Crippen LogP contribution in [-0.4, -0.2) is 68.7 Å². The molecule has 1 fully saturated rings. The van der Waals surface area contributed by atoms with Gasteiger partial charge in [-0.05, 0) is 49.8 Å². The van der Waals surface area contributed by atoms with E-state index < -0.39 is 17.8 Å². The lowest BCUT2D eigenvalue weighted by Crippen LogP contribution is -2.35. The first kappa shape index (κ1) is 21.1. The number of nitrogens with one attached hydrogen (secondary N) is 1. The van der Waals surface area contributed by atoms with Crippen LogP contribution in [0.1, 0.15) is 29.4 Å². The molecule has 1 aromatic carbocycles. The van der Waals surface area contributed by atoms with Crippen LogP contribution >= 0.6 is 0 Å². The second-order valence-electron chi connectivity index (χ2n) is 7.48. The number of amides is 1. The Morgan fingerprint density at radius 1 is 1.16 bits per heavy atom. The van der Waals surface area contributed by atoms with Crippen LogP contribution in [-0.2, 0) is 6.18 Å². The molecule has 4 rings (SSSR count). The largest absolute Gasteiger partial charge is 0.508 e. The van der Waals surface area contributed by atoms with E-state index in [2.05, 4.69) is 20.1 Å². The third-order valence-corrected chi connectivity index (χ3v) is 5.51. The molecule has 1 amide bonds. The van der Waals surface area contributed by atoms with E-state index in [1.807, 2.05) is 6.92 Å². The SMILES string of the molecule is CCN1CCCN(C(=O)c2cc(-c3ccc(O)cc3)nc3[nH]nc(C(F)(F)F)c23)CC1. The smallest absolute Gasteiger partial charge is 0.435 e. The fourth-order valence-electron chi connectivity index (χ4n) is 3.84. The van der Waals surface area contributed by atoms with Gasteiger partial charge in [-0.3, -0.25) is 9.89 Å². The van der Waals surface area contributed by atoms with Gasteiger partial charge in [-0.25, -0.2) is 4.98 Å². The average molecular weight is 433 g/mol. The van der Waals surface area contributed by atoms with Crippen molar-refractivity contribution in [2.45, 2.75) is 19.5 Å². The normalized spacial score (nSPS) is 15.9. The molecule has 0 bridgehead atoms. The summed E-state index contributed by atoms with van der Waals surface area (Å²) in [4.78, 5) is 21.5. The maximum atomic E-state index is 13.6. The van der Waals surface area contributed by atoms with E-state index in [1.165, 1.54) is 18.2 Å². The minimum absolute atomic E-state index is 0.0482. The van der Waals surface area contributed by atoms with Crippen molar-refractivity contribution >= 4 is 16.9 Å². The number of hydrogen-bond acceptors (Lipinski definition) is 5. The number of phenols is 1. The van der Waals surface area contributed by atoms with Crippen molar-refractivity contribution in [1.29, 1.82) is 0 Å². The van der Waals surface area contributed by atoms with E-state index in [0.29, 0.717) is 30.9 Å². The summed E-state index contributed by atoms with van der Waals surface area (Å²) in [5.74, 6) is -0.427. The molecule has 0 radical (unpaired) electrons. The number of aromatic hydroxyl groups is 1. The van der Waals surface area contributed by atoms with Gasteiger partial charge in [0.1, 0.15) is 5.75 Å². The van der Waals surface area contributed by atoms with Gasteiger partial charge in [0.15, 0.2) is 11.3 Å². The van der Waals surface area contributed by atoms with Gasteiger partial charge < -0.3 is 14.9 Å². The fraction of sp³-hybridized carbons (Fsp3) is 0.381. The van der Waals surface area contributed by atoms with Crippen LogP contribution < -0.4 is 0 Å². The van der Waals surface area contributed by atoms with Gasteiger partial charge in [0, 0.05) is 25.2 Å². The first-order valence-corrected chi connectivity index (χ1v) is 10.0. The lowest BCUT2D eigenvalue weighted by Gasteiger charge is -2.22. The summed E-state index contributed by atoms with van der Waals surface area (Å²) in [6.07, 6.45) is -3.98. The lowest BCUT2D eigenvalue weighted by molar-refractivity contribution is -0.139. The van der Waals surface area contributed by atoms with Crippen molar-refractivity contribution in [3.8, 4) is 17.0 Å². The average Bonchev–Trinajstić information content (AvgIpc) is 3.04. The summed E-state index contributed by atoms with van der Waals surface area (Å²) in [6, 6.07) is 7.45. The van der Waals surface area contributed by atoms with Crippen LogP contribution in [0, 0.1) is 0 Å². The van der Waals surface area contributed by atoms with Crippen LogP contribution in [0.2, 0.25) is 0 Å². The third kappa shape index (κ3) is 4.20. The van der Waals surface area contributed by atoms with Crippen molar-refractivity contribution in [3.63, 3.8) is 0 Å². The van der Waals surface area contributed by atoms with Crippen LogP contribution in [0.25, 0.3) is 22.3 Å². The van der Waals surface area contributed by atoms with Crippen molar-refractivity contribution < 1.29 is 23.1 Å². The maximum absolute atomic E-state index is 13.6. The predicted molar refractivity (Wildman–Crippen MR) is 109 cm³/mol. The molecule has 1 aliphatic rings. The quantitative estimate of drug-likeness (QED) is 0.660. The molecule has 0 saturated carbocycles. The highest BCUT2D eigenvalue weighted by Gasteiger charge is 2.38. The number of halogens is 3. The van der Waals surface area contributed by atoms with E-state index in [1.54, 1.807) is 17.0 Å². The van der Waals surface area contributed by atoms with E-state index >= 15 is 0 Å².